The van der Waals surface area contributed by atoms with E-state index in [0.717, 1.165) is 50.4 Å². The van der Waals surface area contributed by atoms with Crippen LogP contribution in [-0.4, -0.2) is 85.4 Å². The number of nitrogens with zero attached hydrogens (tertiary/aromatic N) is 4. The first kappa shape index (κ1) is 19.9. The Morgan fingerprint density at radius 1 is 1.33 bits per heavy atom. The molecular formula is C18H27N5O3S. The van der Waals surface area contributed by atoms with Crippen molar-refractivity contribution in [2.45, 2.75) is 12.8 Å². The van der Waals surface area contributed by atoms with E-state index in [9.17, 15) is 4.79 Å². The Labute approximate surface area is 163 Å². The van der Waals surface area contributed by atoms with Gasteiger partial charge in [0.1, 0.15) is 0 Å². The van der Waals surface area contributed by atoms with Gasteiger partial charge < -0.3 is 19.5 Å². The summed E-state index contributed by atoms with van der Waals surface area (Å²) in [5.41, 5.74) is 0. The summed E-state index contributed by atoms with van der Waals surface area (Å²) in [5.74, 6) is 1.44. The Bertz CT molecular complexity index is 683. The van der Waals surface area contributed by atoms with Gasteiger partial charge in [0.05, 0.1) is 18.0 Å². The van der Waals surface area contributed by atoms with Gasteiger partial charge >= 0.3 is 0 Å². The van der Waals surface area contributed by atoms with Crippen LogP contribution in [0.3, 0.4) is 0 Å². The highest BCUT2D eigenvalue weighted by atomic mass is 32.1. The topological polar surface area (TPSA) is 83.7 Å². The minimum absolute atomic E-state index is 0.0680. The number of piperazine rings is 1. The second-order valence-corrected chi connectivity index (χ2v) is 7.50. The van der Waals surface area contributed by atoms with Gasteiger partial charge in [0, 0.05) is 46.3 Å². The summed E-state index contributed by atoms with van der Waals surface area (Å²) in [7, 11) is 1.63. The van der Waals surface area contributed by atoms with Crippen LogP contribution in [0.2, 0.25) is 0 Å². The molecule has 8 nitrogen and oxygen atoms in total. The quantitative estimate of drug-likeness (QED) is 0.606. The number of aryl methyl sites for hydroxylation is 1. The molecule has 0 saturated carbocycles. The molecule has 0 radical (unpaired) electrons. The molecule has 0 atom stereocenters. The summed E-state index contributed by atoms with van der Waals surface area (Å²) in [6.45, 7) is 6.38. The number of carbonyl (C=O) groups is 1. The summed E-state index contributed by atoms with van der Waals surface area (Å²) in [5, 5.41) is 8.92. The Hall–Kier alpha value is -1.81. The maximum Gasteiger partial charge on any atom is 0.234 e. The van der Waals surface area contributed by atoms with Gasteiger partial charge in [-0.3, -0.25) is 9.69 Å². The molecule has 1 aliphatic heterocycles. The fourth-order valence-electron chi connectivity index (χ4n) is 3.04. The van der Waals surface area contributed by atoms with Gasteiger partial charge in [-0.1, -0.05) is 11.2 Å². The Morgan fingerprint density at radius 3 is 2.89 bits per heavy atom. The minimum atomic E-state index is 0.0680. The van der Waals surface area contributed by atoms with Gasteiger partial charge in [-0.25, -0.2) is 0 Å². The van der Waals surface area contributed by atoms with Gasteiger partial charge in [0.25, 0.3) is 0 Å². The number of rotatable bonds is 10. The first-order chi connectivity index (χ1) is 13.2. The molecule has 9 heteroatoms. The van der Waals surface area contributed by atoms with Crippen LogP contribution in [0.5, 0.6) is 0 Å². The summed E-state index contributed by atoms with van der Waals surface area (Å²) in [6, 6.07) is 3.98. The highest BCUT2D eigenvalue weighted by Crippen LogP contribution is 2.21. The normalized spacial score (nSPS) is 15.9. The van der Waals surface area contributed by atoms with Crippen LogP contribution < -0.4 is 5.32 Å². The fourth-order valence-corrected chi connectivity index (χ4v) is 3.69. The van der Waals surface area contributed by atoms with Gasteiger partial charge in [0.15, 0.2) is 0 Å². The van der Waals surface area contributed by atoms with Crippen LogP contribution in [0.4, 0.5) is 0 Å². The number of hydrogen-bond donors (Lipinski definition) is 1. The van der Waals surface area contributed by atoms with Gasteiger partial charge in [0.2, 0.25) is 17.6 Å². The lowest BCUT2D eigenvalue weighted by molar-refractivity contribution is -0.122. The van der Waals surface area contributed by atoms with E-state index in [-0.39, 0.29) is 5.91 Å². The van der Waals surface area contributed by atoms with Crippen LogP contribution >= 0.6 is 11.3 Å². The molecular weight excluding hydrogens is 366 g/mol. The number of nitrogens with one attached hydrogen (secondary N) is 1. The Morgan fingerprint density at radius 2 is 2.15 bits per heavy atom. The lowest BCUT2D eigenvalue weighted by atomic mass is 10.2. The zero-order valence-electron chi connectivity index (χ0n) is 15.7. The van der Waals surface area contributed by atoms with E-state index in [0.29, 0.717) is 31.4 Å². The van der Waals surface area contributed by atoms with Crippen LogP contribution in [0, 0.1) is 0 Å². The number of carbonyl (C=O) groups excluding carboxylic acids is 1. The SMILES string of the molecule is COCCNC(=O)CN1CCN(CCCc2nc(-c3cccs3)no2)CC1. The van der Waals surface area contributed by atoms with Gasteiger partial charge in [-0.05, 0) is 24.4 Å². The lowest BCUT2D eigenvalue weighted by Gasteiger charge is -2.34. The lowest BCUT2D eigenvalue weighted by Crippen LogP contribution is -2.49. The predicted molar refractivity (Wildman–Crippen MR) is 104 cm³/mol. The van der Waals surface area contributed by atoms with E-state index in [1.807, 2.05) is 17.5 Å². The summed E-state index contributed by atoms with van der Waals surface area (Å²) in [6.07, 6.45) is 1.78. The maximum atomic E-state index is 11.8. The smallest absolute Gasteiger partial charge is 0.234 e. The van der Waals surface area contributed by atoms with Crippen molar-refractivity contribution in [1.29, 1.82) is 0 Å². The highest BCUT2D eigenvalue weighted by molar-refractivity contribution is 7.13. The van der Waals surface area contributed by atoms with Crippen LogP contribution in [0.1, 0.15) is 12.3 Å². The van der Waals surface area contributed by atoms with Gasteiger partial charge in [-0.2, -0.15) is 4.98 Å². The maximum absolute atomic E-state index is 11.8. The zero-order valence-corrected chi connectivity index (χ0v) is 16.5. The average Bonchev–Trinajstić information content (AvgIpc) is 3.35. The molecule has 3 rings (SSSR count). The molecule has 1 aliphatic rings. The van der Waals surface area contributed by atoms with Crippen molar-refractivity contribution in [3.05, 3.63) is 23.4 Å². The van der Waals surface area contributed by atoms with E-state index in [4.69, 9.17) is 9.26 Å². The predicted octanol–water partition coefficient (Wildman–Crippen LogP) is 1.11. The van der Waals surface area contributed by atoms with E-state index >= 15 is 0 Å². The second-order valence-electron chi connectivity index (χ2n) is 6.55. The molecule has 0 spiro atoms. The van der Waals surface area contributed by atoms with Crippen molar-refractivity contribution in [3.63, 3.8) is 0 Å². The number of amides is 1. The summed E-state index contributed by atoms with van der Waals surface area (Å²) in [4.78, 5) is 22.0. The molecule has 1 saturated heterocycles. The largest absolute Gasteiger partial charge is 0.383 e. The monoisotopic (exact) mass is 393 g/mol. The molecule has 1 N–H and O–H groups in total. The molecule has 0 aromatic carbocycles. The van der Waals surface area contributed by atoms with Crippen molar-refractivity contribution < 1.29 is 14.1 Å². The second kappa shape index (κ2) is 10.5. The third-order valence-corrected chi connectivity index (χ3v) is 5.40. The molecule has 0 bridgehead atoms. The molecule has 1 amide bonds. The summed E-state index contributed by atoms with van der Waals surface area (Å²) >= 11 is 1.61. The first-order valence-electron chi connectivity index (χ1n) is 9.31. The van der Waals surface area contributed by atoms with Crippen LogP contribution in [0.15, 0.2) is 22.0 Å². The highest BCUT2D eigenvalue weighted by Gasteiger charge is 2.19. The first-order valence-corrected chi connectivity index (χ1v) is 10.2. The van der Waals surface area contributed by atoms with Crippen molar-refractivity contribution in [1.82, 2.24) is 25.3 Å². The molecule has 148 valence electrons. The van der Waals surface area contributed by atoms with E-state index in [1.54, 1.807) is 18.4 Å². The Kier molecular flexibility index (Phi) is 7.76. The molecule has 2 aromatic rings. The minimum Gasteiger partial charge on any atom is -0.383 e. The summed E-state index contributed by atoms with van der Waals surface area (Å²) < 4.78 is 10.3. The van der Waals surface area contributed by atoms with E-state index in [2.05, 4.69) is 25.3 Å². The number of hydrogen-bond acceptors (Lipinski definition) is 8. The van der Waals surface area contributed by atoms with E-state index in [1.165, 1.54) is 0 Å². The third kappa shape index (κ3) is 6.39. The molecule has 27 heavy (non-hydrogen) atoms. The fraction of sp³-hybridized carbons (Fsp3) is 0.611. The molecule has 2 aromatic heterocycles. The standard InChI is InChI=1S/C18H27N5O3S/c1-25-12-6-19-16(24)14-23-10-8-22(9-11-23)7-2-5-17-20-18(21-26-17)15-4-3-13-27-15/h3-4,13H,2,5-12,14H2,1H3,(H,19,24). The van der Waals surface area contributed by atoms with Crippen molar-refractivity contribution in [2.75, 3.05) is 59.5 Å². The molecule has 0 unspecified atom stereocenters. The number of thiophene rings is 1. The van der Waals surface area contributed by atoms with Crippen LogP contribution in [0.25, 0.3) is 10.7 Å². The van der Waals surface area contributed by atoms with Crippen molar-refractivity contribution >= 4 is 17.2 Å². The van der Waals surface area contributed by atoms with Crippen molar-refractivity contribution in [3.8, 4) is 10.7 Å². The Balaban J connectivity index is 1.30. The molecule has 3 heterocycles. The average molecular weight is 394 g/mol. The van der Waals surface area contributed by atoms with E-state index < -0.39 is 0 Å². The number of methoxy groups -OCH3 is 1. The van der Waals surface area contributed by atoms with Gasteiger partial charge in [-0.15, -0.1) is 11.3 Å². The van der Waals surface area contributed by atoms with Crippen molar-refractivity contribution in [2.24, 2.45) is 0 Å². The zero-order chi connectivity index (χ0) is 18.9. The third-order valence-electron chi connectivity index (χ3n) is 4.54. The number of aromatic nitrogens is 2. The number of ether oxygens (including phenoxy) is 1. The molecule has 1 fully saturated rings. The molecule has 0 aliphatic carbocycles. The van der Waals surface area contributed by atoms with Crippen LogP contribution in [-0.2, 0) is 16.0 Å².